The van der Waals surface area contributed by atoms with Crippen molar-refractivity contribution in [3.05, 3.63) is 28.8 Å². The van der Waals surface area contributed by atoms with Crippen molar-refractivity contribution in [2.24, 2.45) is 0 Å². The molecule has 4 heteroatoms. The van der Waals surface area contributed by atoms with E-state index >= 15 is 0 Å². The number of rotatable bonds is 3. The zero-order chi connectivity index (χ0) is 12.1. The molecule has 0 spiro atoms. The molecule has 0 N–H and O–H groups in total. The second-order valence-electron chi connectivity index (χ2n) is 3.35. The first-order valence-electron chi connectivity index (χ1n) is 4.94. The Balaban J connectivity index is 3.19. The minimum Gasteiger partial charge on any atom is -0.469 e. The number of benzene rings is 1. The van der Waals surface area contributed by atoms with Crippen molar-refractivity contribution in [2.75, 3.05) is 7.11 Å². The molecule has 1 aromatic rings. The standard InChI is InChI=1S/C12H13NO2S/c1-3-10-9(6-12(14)15-2)4-8(7-13)5-11(10)16/h4-5,16H,3,6H2,1-2H3. The average molecular weight is 235 g/mol. The molecule has 0 saturated carbocycles. The van der Waals surface area contributed by atoms with Gasteiger partial charge in [0.25, 0.3) is 0 Å². The van der Waals surface area contributed by atoms with E-state index in [1.165, 1.54) is 7.11 Å². The second kappa shape index (κ2) is 5.57. The quantitative estimate of drug-likeness (QED) is 0.645. The molecule has 0 aliphatic rings. The molecule has 0 unspecified atom stereocenters. The summed E-state index contributed by atoms with van der Waals surface area (Å²) in [7, 11) is 1.35. The Morgan fingerprint density at radius 2 is 2.25 bits per heavy atom. The highest BCUT2D eigenvalue weighted by atomic mass is 32.1. The Morgan fingerprint density at radius 3 is 2.75 bits per heavy atom. The van der Waals surface area contributed by atoms with Gasteiger partial charge in [0.15, 0.2) is 0 Å². The molecular weight excluding hydrogens is 222 g/mol. The van der Waals surface area contributed by atoms with Gasteiger partial charge in [-0.2, -0.15) is 5.26 Å². The van der Waals surface area contributed by atoms with Gasteiger partial charge in [0.2, 0.25) is 0 Å². The summed E-state index contributed by atoms with van der Waals surface area (Å²) in [5, 5.41) is 8.84. The van der Waals surface area contributed by atoms with E-state index in [2.05, 4.69) is 17.4 Å². The molecule has 1 aromatic carbocycles. The van der Waals surface area contributed by atoms with Crippen molar-refractivity contribution in [1.82, 2.24) is 0 Å². The summed E-state index contributed by atoms with van der Waals surface area (Å²) in [4.78, 5) is 12.0. The normalized spacial score (nSPS) is 9.62. The van der Waals surface area contributed by atoms with Crippen LogP contribution in [-0.4, -0.2) is 13.1 Å². The topological polar surface area (TPSA) is 50.1 Å². The monoisotopic (exact) mass is 235 g/mol. The molecule has 0 bridgehead atoms. The fraction of sp³-hybridized carbons (Fsp3) is 0.333. The van der Waals surface area contributed by atoms with E-state index in [0.29, 0.717) is 5.56 Å². The molecule has 3 nitrogen and oxygen atoms in total. The molecule has 0 aliphatic heterocycles. The summed E-state index contributed by atoms with van der Waals surface area (Å²) in [6.07, 6.45) is 0.958. The predicted molar refractivity (Wildman–Crippen MR) is 63.5 cm³/mol. The van der Waals surface area contributed by atoms with Crippen molar-refractivity contribution in [3.63, 3.8) is 0 Å². The number of hydrogen-bond acceptors (Lipinski definition) is 4. The maximum absolute atomic E-state index is 11.2. The first kappa shape index (κ1) is 12.6. The van der Waals surface area contributed by atoms with Gasteiger partial charge in [0, 0.05) is 4.90 Å². The van der Waals surface area contributed by atoms with Crippen molar-refractivity contribution < 1.29 is 9.53 Å². The van der Waals surface area contributed by atoms with Crippen LogP contribution in [0.2, 0.25) is 0 Å². The van der Waals surface area contributed by atoms with Crippen LogP contribution in [0.1, 0.15) is 23.6 Å². The summed E-state index contributed by atoms with van der Waals surface area (Å²) >= 11 is 4.32. The van der Waals surface area contributed by atoms with Crippen LogP contribution >= 0.6 is 12.6 Å². The van der Waals surface area contributed by atoms with Gasteiger partial charge < -0.3 is 4.74 Å². The van der Waals surface area contributed by atoms with E-state index < -0.39 is 0 Å². The lowest BCUT2D eigenvalue weighted by Gasteiger charge is -2.10. The van der Waals surface area contributed by atoms with Crippen molar-refractivity contribution >= 4 is 18.6 Å². The number of ether oxygens (including phenoxy) is 1. The van der Waals surface area contributed by atoms with Gasteiger partial charge in [-0.3, -0.25) is 4.79 Å². The molecular formula is C12H13NO2S. The van der Waals surface area contributed by atoms with Crippen LogP contribution < -0.4 is 0 Å². The number of esters is 1. The number of nitrogens with zero attached hydrogens (tertiary/aromatic N) is 1. The first-order valence-corrected chi connectivity index (χ1v) is 5.38. The number of carbonyl (C=O) groups excluding carboxylic acids is 1. The van der Waals surface area contributed by atoms with Gasteiger partial charge in [-0.05, 0) is 29.7 Å². The summed E-state index contributed by atoms with van der Waals surface area (Å²) in [5.41, 5.74) is 2.33. The summed E-state index contributed by atoms with van der Waals surface area (Å²) < 4.78 is 4.62. The molecule has 84 valence electrons. The Labute approximate surface area is 100 Å². The van der Waals surface area contributed by atoms with E-state index in [9.17, 15) is 4.79 Å². The maximum Gasteiger partial charge on any atom is 0.309 e. The lowest BCUT2D eigenvalue weighted by Crippen LogP contribution is -2.07. The average Bonchev–Trinajstić information content (AvgIpc) is 2.28. The Bertz CT molecular complexity index is 449. The Morgan fingerprint density at radius 1 is 1.56 bits per heavy atom. The highest BCUT2D eigenvalue weighted by Crippen LogP contribution is 2.22. The third kappa shape index (κ3) is 2.77. The third-order valence-corrected chi connectivity index (χ3v) is 2.76. The fourth-order valence-corrected chi connectivity index (χ4v) is 2.01. The smallest absolute Gasteiger partial charge is 0.309 e. The molecule has 0 amide bonds. The van der Waals surface area contributed by atoms with Crippen LogP contribution in [0, 0.1) is 11.3 Å². The second-order valence-corrected chi connectivity index (χ2v) is 3.83. The minimum absolute atomic E-state index is 0.183. The largest absolute Gasteiger partial charge is 0.469 e. The molecule has 0 aromatic heterocycles. The van der Waals surface area contributed by atoms with Gasteiger partial charge in [0.1, 0.15) is 0 Å². The SMILES string of the molecule is CCc1c(S)cc(C#N)cc1CC(=O)OC. The van der Waals surface area contributed by atoms with E-state index in [-0.39, 0.29) is 12.4 Å². The predicted octanol–water partition coefficient (Wildman–Crippen LogP) is 2.12. The number of nitriles is 1. The van der Waals surface area contributed by atoms with Crippen LogP contribution in [0.4, 0.5) is 0 Å². The fourth-order valence-electron chi connectivity index (χ4n) is 1.57. The Kier molecular flexibility index (Phi) is 4.39. The van der Waals surface area contributed by atoms with Crippen LogP contribution in [0.5, 0.6) is 0 Å². The van der Waals surface area contributed by atoms with E-state index in [1.807, 2.05) is 13.0 Å². The van der Waals surface area contributed by atoms with Crippen LogP contribution in [0.15, 0.2) is 17.0 Å². The minimum atomic E-state index is -0.308. The molecule has 0 saturated heterocycles. The van der Waals surface area contributed by atoms with E-state index in [0.717, 1.165) is 22.4 Å². The van der Waals surface area contributed by atoms with Crippen molar-refractivity contribution in [2.45, 2.75) is 24.7 Å². The summed E-state index contributed by atoms with van der Waals surface area (Å²) in [6, 6.07) is 5.48. The number of carbonyl (C=O) groups is 1. The van der Waals surface area contributed by atoms with Crippen LogP contribution in [-0.2, 0) is 22.4 Å². The lowest BCUT2D eigenvalue weighted by atomic mass is 9.99. The van der Waals surface area contributed by atoms with Crippen molar-refractivity contribution in [3.8, 4) is 6.07 Å². The summed E-state index contributed by atoms with van der Waals surface area (Å²) in [6.45, 7) is 1.99. The van der Waals surface area contributed by atoms with E-state index in [4.69, 9.17) is 5.26 Å². The van der Waals surface area contributed by atoms with Crippen LogP contribution in [0.3, 0.4) is 0 Å². The molecule has 0 aliphatic carbocycles. The number of hydrogen-bond donors (Lipinski definition) is 1. The van der Waals surface area contributed by atoms with Gasteiger partial charge >= 0.3 is 5.97 Å². The molecule has 0 atom stereocenters. The zero-order valence-electron chi connectivity index (χ0n) is 9.28. The van der Waals surface area contributed by atoms with E-state index in [1.54, 1.807) is 12.1 Å². The third-order valence-electron chi connectivity index (χ3n) is 2.36. The molecule has 1 rings (SSSR count). The van der Waals surface area contributed by atoms with Gasteiger partial charge in [-0.25, -0.2) is 0 Å². The van der Waals surface area contributed by atoms with Gasteiger partial charge in [-0.1, -0.05) is 6.92 Å². The molecule has 0 radical (unpaired) electrons. The van der Waals surface area contributed by atoms with Gasteiger partial charge in [-0.15, -0.1) is 12.6 Å². The van der Waals surface area contributed by atoms with Crippen molar-refractivity contribution in [1.29, 1.82) is 5.26 Å². The molecule has 0 fully saturated rings. The van der Waals surface area contributed by atoms with Crippen LogP contribution in [0.25, 0.3) is 0 Å². The zero-order valence-corrected chi connectivity index (χ0v) is 10.2. The highest BCUT2D eigenvalue weighted by Gasteiger charge is 2.11. The van der Waals surface area contributed by atoms with Gasteiger partial charge in [0.05, 0.1) is 25.2 Å². The number of thiol groups is 1. The molecule has 0 heterocycles. The molecule has 16 heavy (non-hydrogen) atoms. The lowest BCUT2D eigenvalue weighted by molar-refractivity contribution is -0.139. The Hall–Kier alpha value is -1.47. The summed E-state index contributed by atoms with van der Waals surface area (Å²) in [5.74, 6) is -0.308. The highest BCUT2D eigenvalue weighted by molar-refractivity contribution is 7.80. The first-order chi connectivity index (χ1) is 7.62. The number of methoxy groups -OCH3 is 1. The maximum atomic E-state index is 11.2.